The molecule has 0 saturated carbocycles. The monoisotopic (exact) mass is 172 g/mol. The number of allylic oxidation sites excluding steroid dienone is 1. The summed E-state index contributed by atoms with van der Waals surface area (Å²) in [6.45, 7) is 5.30. The fourth-order valence-electron chi connectivity index (χ4n) is 0.816. The maximum atomic E-state index is 10.4. The van der Waals surface area contributed by atoms with E-state index in [1.807, 2.05) is 0 Å². The van der Waals surface area contributed by atoms with Crippen molar-refractivity contribution in [3.8, 4) is 0 Å². The Balaban J connectivity index is 3.52. The topological polar surface area (TPSA) is 46.5 Å². The van der Waals surface area contributed by atoms with Crippen molar-refractivity contribution in [1.82, 2.24) is 0 Å². The lowest BCUT2D eigenvalue weighted by atomic mass is 10.1. The highest BCUT2D eigenvalue weighted by molar-refractivity contribution is 5.65. The van der Waals surface area contributed by atoms with Gasteiger partial charge in [-0.05, 0) is 12.8 Å². The summed E-state index contributed by atoms with van der Waals surface area (Å²) in [5.74, 6) is -0.251. The first-order valence-electron chi connectivity index (χ1n) is 4.05. The van der Waals surface area contributed by atoms with Crippen molar-refractivity contribution >= 4 is 5.97 Å². The Kier molecular flexibility index (Phi) is 6.38. The molecular weight excluding hydrogens is 156 g/mol. The highest BCUT2D eigenvalue weighted by Gasteiger charge is 2.07. The lowest BCUT2D eigenvalue weighted by Gasteiger charge is -2.11. The summed E-state index contributed by atoms with van der Waals surface area (Å²) in [6.07, 6.45) is 3.44. The van der Waals surface area contributed by atoms with E-state index in [4.69, 9.17) is 9.84 Å². The van der Waals surface area contributed by atoms with E-state index in [9.17, 15) is 4.79 Å². The number of ether oxygens (including phenoxy) is 1. The maximum Gasteiger partial charge on any atom is 0.302 e. The number of carbonyl (C=O) groups excluding carboxylic acids is 1. The van der Waals surface area contributed by atoms with Gasteiger partial charge in [0.1, 0.15) is 0 Å². The largest absolute Gasteiger partial charge is 0.465 e. The highest BCUT2D eigenvalue weighted by atomic mass is 16.5. The summed E-state index contributed by atoms with van der Waals surface area (Å²) in [5.41, 5.74) is 0. The molecule has 3 heteroatoms. The molecule has 3 nitrogen and oxygen atoms in total. The van der Waals surface area contributed by atoms with Crippen molar-refractivity contribution in [3.05, 3.63) is 12.7 Å². The second kappa shape index (κ2) is 6.85. The van der Waals surface area contributed by atoms with E-state index in [2.05, 4.69) is 6.58 Å². The van der Waals surface area contributed by atoms with Crippen LogP contribution in [-0.2, 0) is 9.53 Å². The van der Waals surface area contributed by atoms with Crippen molar-refractivity contribution in [2.24, 2.45) is 5.92 Å². The van der Waals surface area contributed by atoms with Crippen LogP contribution in [-0.4, -0.2) is 24.3 Å². The Bertz CT molecular complexity index is 143. The molecular formula is C9H16O3. The van der Waals surface area contributed by atoms with Crippen LogP contribution in [0.2, 0.25) is 0 Å². The summed E-state index contributed by atoms with van der Waals surface area (Å²) in [4.78, 5) is 10.4. The molecule has 0 fully saturated rings. The van der Waals surface area contributed by atoms with Crippen molar-refractivity contribution in [1.29, 1.82) is 0 Å². The number of hydrogen-bond donors (Lipinski definition) is 1. The van der Waals surface area contributed by atoms with E-state index >= 15 is 0 Å². The minimum Gasteiger partial charge on any atom is -0.465 e. The second-order valence-electron chi connectivity index (χ2n) is 2.72. The number of hydrogen-bond acceptors (Lipinski definition) is 3. The smallest absolute Gasteiger partial charge is 0.302 e. The van der Waals surface area contributed by atoms with Crippen molar-refractivity contribution in [2.75, 3.05) is 13.2 Å². The van der Waals surface area contributed by atoms with Gasteiger partial charge in [-0.2, -0.15) is 0 Å². The maximum absolute atomic E-state index is 10.4. The van der Waals surface area contributed by atoms with Crippen molar-refractivity contribution < 1.29 is 14.6 Å². The van der Waals surface area contributed by atoms with Gasteiger partial charge in [0, 0.05) is 19.4 Å². The minimum absolute atomic E-state index is 0.0481. The SMILES string of the molecule is C=CCC[C@H](CO)COC(C)=O. The van der Waals surface area contributed by atoms with Gasteiger partial charge >= 0.3 is 5.97 Å². The molecule has 0 aliphatic carbocycles. The average Bonchev–Trinajstić information content (AvgIpc) is 2.05. The molecule has 0 heterocycles. The average molecular weight is 172 g/mol. The summed E-state index contributed by atoms with van der Waals surface area (Å²) in [6, 6.07) is 0. The molecule has 1 atom stereocenters. The van der Waals surface area contributed by atoms with Crippen molar-refractivity contribution in [2.45, 2.75) is 19.8 Å². The van der Waals surface area contributed by atoms with Gasteiger partial charge in [0.05, 0.1) is 6.61 Å². The summed E-state index contributed by atoms with van der Waals surface area (Å²) < 4.78 is 4.76. The van der Waals surface area contributed by atoms with Gasteiger partial charge in [-0.1, -0.05) is 6.08 Å². The van der Waals surface area contributed by atoms with Crippen LogP contribution in [0.25, 0.3) is 0 Å². The molecule has 70 valence electrons. The summed E-state index contributed by atoms with van der Waals surface area (Å²) in [5, 5.41) is 8.84. The molecule has 0 radical (unpaired) electrons. The Morgan fingerprint density at radius 3 is 2.83 bits per heavy atom. The van der Waals surface area contributed by atoms with E-state index in [-0.39, 0.29) is 18.5 Å². The Labute approximate surface area is 73.0 Å². The van der Waals surface area contributed by atoms with E-state index < -0.39 is 0 Å². The standard InChI is InChI=1S/C9H16O3/c1-3-4-5-9(6-10)7-12-8(2)11/h3,9-10H,1,4-7H2,2H3/t9-/m1/s1. The molecule has 0 amide bonds. The molecule has 0 bridgehead atoms. The van der Waals surface area contributed by atoms with Crippen LogP contribution in [0.15, 0.2) is 12.7 Å². The zero-order valence-electron chi connectivity index (χ0n) is 7.45. The lowest BCUT2D eigenvalue weighted by molar-refractivity contribution is -0.142. The van der Waals surface area contributed by atoms with Crippen molar-refractivity contribution in [3.63, 3.8) is 0 Å². The Morgan fingerprint density at radius 2 is 2.42 bits per heavy atom. The Morgan fingerprint density at radius 1 is 1.75 bits per heavy atom. The highest BCUT2D eigenvalue weighted by Crippen LogP contribution is 2.06. The van der Waals surface area contributed by atoms with Gasteiger partial charge in [-0.25, -0.2) is 0 Å². The van der Waals surface area contributed by atoms with E-state index in [1.165, 1.54) is 6.92 Å². The molecule has 0 aromatic rings. The fraction of sp³-hybridized carbons (Fsp3) is 0.667. The minimum atomic E-state index is -0.299. The number of rotatable bonds is 6. The number of carbonyl (C=O) groups is 1. The molecule has 1 N–H and O–H groups in total. The van der Waals surface area contributed by atoms with Crippen LogP contribution in [0.5, 0.6) is 0 Å². The number of esters is 1. The summed E-state index contributed by atoms with van der Waals surface area (Å²) >= 11 is 0. The normalized spacial score (nSPS) is 12.2. The fourth-order valence-corrected chi connectivity index (χ4v) is 0.816. The third-order valence-electron chi connectivity index (χ3n) is 1.56. The van der Waals surface area contributed by atoms with Gasteiger partial charge in [0.15, 0.2) is 0 Å². The molecule has 0 aliphatic heterocycles. The Hall–Kier alpha value is -0.830. The quantitative estimate of drug-likeness (QED) is 0.482. The van der Waals surface area contributed by atoms with Crippen LogP contribution in [0, 0.1) is 5.92 Å². The van der Waals surface area contributed by atoms with E-state index in [0.29, 0.717) is 6.61 Å². The number of aliphatic hydroxyl groups is 1. The van der Waals surface area contributed by atoms with Gasteiger partial charge in [-0.15, -0.1) is 6.58 Å². The molecule has 0 aliphatic rings. The van der Waals surface area contributed by atoms with Gasteiger partial charge in [0.2, 0.25) is 0 Å². The lowest BCUT2D eigenvalue weighted by Crippen LogP contribution is -2.15. The van der Waals surface area contributed by atoms with Gasteiger partial charge in [0.25, 0.3) is 0 Å². The van der Waals surface area contributed by atoms with Gasteiger partial charge in [-0.3, -0.25) is 4.79 Å². The molecule has 0 aromatic carbocycles. The van der Waals surface area contributed by atoms with Crippen LogP contribution in [0.3, 0.4) is 0 Å². The predicted molar refractivity (Wildman–Crippen MR) is 46.6 cm³/mol. The summed E-state index contributed by atoms with van der Waals surface area (Å²) in [7, 11) is 0. The van der Waals surface area contributed by atoms with E-state index in [1.54, 1.807) is 6.08 Å². The zero-order chi connectivity index (χ0) is 9.40. The molecule has 0 rings (SSSR count). The van der Waals surface area contributed by atoms with Gasteiger partial charge < -0.3 is 9.84 Å². The number of aliphatic hydroxyl groups excluding tert-OH is 1. The van der Waals surface area contributed by atoms with E-state index in [0.717, 1.165) is 12.8 Å². The molecule has 0 unspecified atom stereocenters. The predicted octanol–water partition coefficient (Wildman–Crippen LogP) is 1.12. The first-order valence-corrected chi connectivity index (χ1v) is 4.05. The van der Waals surface area contributed by atoms with Crippen LogP contribution < -0.4 is 0 Å². The third-order valence-corrected chi connectivity index (χ3v) is 1.56. The molecule has 0 saturated heterocycles. The molecule has 0 aromatic heterocycles. The first-order chi connectivity index (χ1) is 5.70. The second-order valence-corrected chi connectivity index (χ2v) is 2.72. The first kappa shape index (κ1) is 11.2. The third kappa shape index (κ3) is 5.92. The molecule has 0 spiro atoms. The molecule has 12 heavy (non-hydrogen) atoms. The van der Waals surface area contributed by atoms with Crippen LogP contribution in [0.1, 0.15) is 19.8 Å². The zero-order valence-corrected chi connectivity index (χ0v) is 7.45. The van der Waals surface area contributed by atoms with Crippen LogP contribution >= 0.6 is 0 Å². The van der Waals surface area contributed by atoms with Crippen LogP contribution in [0.4, 0.5) is 0 Å².